The molecule has 0 aromatic rings. The number of nitrogens with one attached hydrogen (secondary N) is 1. The van der Waals surface area contributed by atoms with Crippen LogP contribution in [0, 0.1) is 11.8 Å². The zero-order valence-corrected chi connectivity index (χ0v) is 10.8. The summed E-state index contributed by atoms with van der Waals surface area (Å²) in [5.41, 5.74) is 0. The summed E-state index contributed by atoms with van der Waals surface area (Å²) in [6.45, 7) is 5.13. The van der Waals surface area contributed by atoms with Gasteiger partial charge in [-0.2, -0.15) is 0 Å². The Balaban J connectivity index is 2.70. The Labute approximate surface area is 102 Å². The number of carboxylic acids is 1. The van der Waals surface area contributed by atoms with Crippen LogP contribution < -0.4 is 5.32 Å². The predicted octanol–water partition coefficient (Wildman–Crippen LogP) is 0.554. The van der Waals surface area contributed by atoms with Gasteiger partial charge in [0.2, 0.25) is 5.91 Å². The van der Waals surface area contributed by atoms with Gasteiger partial charge in [-0.15, -0.1) is 0 Å². The minimum Gasteiger partial charge on any atom is -0.480 e. The maximum Gasteiger partial charge on any atom is 0.321 e. The normalized spacial score (nSPS) is 23.4. The number of carbonyl (C=O) groups excluding carboxylic acids is 1. The van der Waals surface area contributed by atoms with Crippen LogP contribution in [0.4, 0.5) is 0 Å². The van der Waals surface area contributed by atoms with Gasteiger partial charge >= 0.3 is 5.97 Å². The van der Waals surface area contributed by atoms with Crippen molar-refractivity contribution in [1.82, 2.24) is 10.2 Å². The summed E-state index contributed by atoms with van der Waals surface area (Å²) in [5.74, 6) is -0.801. The standard InChI is InChI=1S/C12H22N2O3/c1-8(2)10(12(16)17)14-6-4-5-9(7-14)11(15)13-3/h8-10H,4-7H2,1-3H3,(H,13,15)(H,16,17). The molecule has 2 atom stereocenters. The van der Waals surface area contributed by atoms with Crippen molar-refractivity contribution in [1.29, 1.82) is 0 Å². The highest BCUT2D eigenvalue weighted by Crippen LogP contribution is 2.22. The first kappa shape index (κ1) is 14.0. The second-order valence-corrected chi connectivity index (χ2v) is 4.98. The van der Waals surface area contributed by atoms with Gasteiger partial charge < -0.3 is 10.4 Å². The van der Waals surface area contributed by atoms with E-state index in [1.165, 1.54) is 0 Å². The number of amides is 1. The van der Waals surface area contributed by atoms with Crippen LogP contribution in [-0.2, 0) is 9.59 Å². The molecule has 1 rings (SSSR count). The fraction of sp³-hybridized carbons (Fsp3) is 0.833. The molecular weight excluding hydrogens is 220 g/mol. The lowest BCUT2D eigenvalue weighted by Crippen LogP contribution is -2.51. The van der Waals surface area contributed by atoms with Crippen LogP contribution in [0.3, 0.4) is 0 Å². The molecule has 1 amide bonds. The van der Waals surface area contributed by atoms with Gasteiger partial charge in [0.1, 0.15) is 6.04 Å². The molecule has 98 valence electrons. The molecule has 0 bridgehead atoms. The Morgan fingerprint density at radius 2 is 2.06 bits per heavy atom. The predicted molar refractivity (Wildman–Crippen MR) is 64.6 cm³/mol. The summed E-state index contributed by atoms with van der Waals surface area (Å²) in [6, 6.07) is -0.484. The molecule has 1 fully saturated rings. The minimum atomic E-state index is -0.794. The molecule has 0 spiro atoms. The lowest BCUT2D eigenvalue weighted by molar-refractivity contribution is -0.147. The van der Waals surface area contributed by atoms with E-state index in [2.05, 4.69) is 5.32 Å². The van der Waals surface area contributed by atoms with E-state index in [9.17, 15) is 14.7 Å². The van der Waals surface area contributed by atoms with Crippen molar-refractivity contribution >= 4 is 11.9 Å². The fourth-order valence-electron chi connectivity index (χ4n) is 2.54. The molecule has 1 heterocycles. The average Bonchev–Trinajstić information content (AvgIpc) is 2.27. The fourth-order valence-corrected chi connectivity index (χ4v) is 2.54. The molecule has 0 aliphatic carbocycles. The molecule has 2 N–H and O–H groups in total. The van der Waals surface area contributed by atoms with E-state index in [4.69, 9.17) is 0 Å². The summed E-state index contributed by atoms with van der Waals surface area (Å²) in [7, 11) is 1.62. The second kappa shape index (κ2) is 6.00. The van der Waals surface area contributed by atoms with Gasteiger partial charge in [0.15, 0.2) is 0 Å². The highest BCUT2D eigenvalue weighted by molar-refractivity contribution is 5.79. The molecule has 0 saturated carbocycles. The summed E-state index contributed by atoms with van der Waals surface area (Å²) in [5, 5.41) is 11.9. The molecule has 5 nitrogen and oxygen atoms in total. The number of piperidine rings is 1. The molecule has 1 saturated heterocycles. The molecule has 0 radical (unpaired) electrons. The van der Waals surface area contributed by atoms with Gasteiger partial charge in [0.25, 0.3) is 0 Å². The van der Waals surface area contributed by atoms with Crippen molar-refractivity contribution < 1.29 is 14.7 Å². The van der Waals surface area contributed by atoms with E-state index in [0.717, 1.165) is 19.4 Å². The van der Waals surface area contributed by atoms with Crippen molar-refractivity contribution in [3.05, 3.63) is 0 Å². The Morgan fingerprint density at radius 1 is 1.41 bits per heavy atom. The van der Waals surface area contributed by atoms with E-state index < -0.39 is 12.0 Å². The Hall–Kier alpha value is -1.10. The smallest absolute Gasteiger partial charge is 0.321 e. The van der Waals surface area contributed by atoms with Gasteiger partial charge in [-0.3, -0.25) is 14.5 Å². The van der Waals surface area contributed by atoms with Crippen molar-refractivity contribution in [3.8, 4) is 0 Å². The van der Waals surface area contributed by atoms with Crippen molar-refractivity contribution in [3.63, 3.8) is 0 Å². The molecule has 2 unspecified atom stereocenters. The van der Waals surface area contributed by atoms with Crippen LogP contribution in [-0.4, -0.2) is 48.1 Å². The van der Waals surface area contributed by atoms with E-state index in [-0.39, 0.29) is 17.7 Å². The molecular formula is C12H22N2O3. The number of carboxylic acid groups (broad SMARTS) is 1. The van der Waals surface area contributed by atoms with Crippen molar-refractivity contribution in [2.75, 3.05) is 20.1 Å². The molecule has 1 aliphatic rings. The maximum absolute atomic E-state index is 11.6. The van der Waals surface area contributed by atoms with Crippen LogP contribution in [0.15, 0.2) is 0 Å². The van der Waals surface area contributed by atoms with E-state index in [1.807, 2.05) is 18.7 Å². The first-order valence-corrected chi connectivity index (χ1v) is 6.15. The van der Waals surface area contributed by atoms with E-state index in [1.54, 1.807) is 7.05 Å². The summed E-state index contributed by atoms with van der Waals surface area (Å²) < 4.78 is 0. The number of hydrogen-bond acceptors (Lipinski definition) is 3. The van der Waals surface area contributed by atoms with E-state index in [0.29, 0.717) is 6.54 Å². The number of aliphatic carboxylic acids is 1. The number of hydrogen-bond donors (Lipinski definition) is 2. The first-order chi connectivity index (χ1) is 7.97. The Kier molecular flexibility index (Phi) is 4.93. The Morgan fingerprint density at radius 3 is 2.53 bits per heavy atom. The van der Waals surface area contributed by atoms with Gasteiger partial charge in [0.05, 0.1) is 5.92 Å². The first-order valence-electron chi connectivity index (χ1n) is 6.15. The van der Waals surface area contributed by atoms with Crippen LogP contribution >= 0.6 is 0 Å². The molecule has 5 heteroatoms. The monoisotopic (exact) mass is 242 g/mol. The summed E-state index contributed by atoms with van der Waals surface area (Å²) >= 11 is 0. The van der Waals surface area contributed by atoms with Crippen LogP contribution in [0.1, 0.15) is 26.7 Å². The summed E-state index contributed by atoms with van der Waals surface area (Å²) in [6.07, 6.45) is 1.73. The van der Waals surface area contributed by atoms with Crippen molar-refractivity contribution in [2.24, 2.45) is 11.8 Å². The number of likely N-dealkylation sites (tertiary alicyclic amines) is 1. The molecule has 0 aromatic heterocycles. The lowest BCUT2D eigenvalue weighted by Gasteiger charge is -2.37. The van der Waals surface area contributed by atoms with Crippen LogP contribution in [0.2, 0.25) is 0 Å². The van der Waals surface area contributed by atoms with Crippen LogP contribution in [0.25, 0.3) is 0 Å². The van der Waals surface area contributed by atoms with Crippen molar-refractivity contribution in [2.45, 2.75) is 32.7 Å². The zero-order valence-electron chi connectivity index (χ0n) is 10.8. The Bertz CT molecular complexity index is 291. The van der Waals surface area contributed by atoms with Gasteiger partial charge in [-0.25, -0.2) is 0 Å². The number of nitrogens with zero attached hydrogens (tertiary/aromatic N) is 1. The molecule has 1 aliphatic heterocycles. The molecule has 0 aromatic carbocycles. The SMILES string of the molecule is CNC(=O)C1CCCN(C(C(=O)O)C(C)C)C1. The number of carbonyl (C=O) groups is 2. The highest BCUT2D eigenvalue weighted by atomic mass is 16.4. The average molecular weight is 242 g/mol. The largest absolute Gasteiger partial charge is 0.480 e. The lowest BCUT2D eigenvalue weighted by atomic mass is 9.93. The number of rotatable bonds is 4. The third kappa shape index (κ3) is 3.43. The zero-order chi connectivity index (χ0) is 13.0. The highest BCUT2D eigenvalue weighted by Gasteiger charge is 2.34. The minimum absolute atomic E-state index is 0.0163. The van der Waals surface area contributed by atoms with Gasteiger partial charge in [0, 0.05) is 13.6 Å². The molecule has 17 heavy (non-hydrogen) atoms. The second-order valence-electron chi connectivity index (χ2n) is 4.98. The van der Waals surface area contributed by atoms with Crippen LogP contribution in [0.5, 0.6) is 0 Å². The maximum atomic E-state index is 11.6. The topological polar surface area (TPSA) is 69.6 Å². The summed E-state index contributed by atoms with van der Waals surface area (Å²) in [4.78, 5) is 24.8. The third-order valence-corrected chi connectivity index (χ3v) is 3.35. The quantitative estimate of drug-likeness (QED) is 0.755. The van der Waals surface area contributed by atoms with E-state index >= 15 is 0 Å². The van der Waals surface area contributed by atoms with Gasteiger partial charge in [-0.1, -0.05) is 13.8 Å². The third-order valence-electron chi connectivity index (χ3n) is 3.35. The van der Waals surface area contributed by atoms with Gasteiger partial charge in [-0.05, 0) is 25.3 Å².